The molecule has 0 bridgehead atoms. The maximum atomic E-state index is 10.5. The Morgan fingerprint density at radius 3 is 2.47 bits per heavy atom. The summed E-state index contributed by atoms with van der Waals surface area (Å²) in [6.45, 7) is 0. The van der Waals surface area contributed by atoms with Crippen molar-refractivity contribution in [3.8, 4) is 11.3 Å². The Bertz CT molecular complexity index is 479. The molecule has 0 fully saturated rings. The summed E-state index contributed by atoms with van der Waals surface area (Å²) in [6, 6.07) is 11.2. The van der Waals surface area contributed by atoms with Gasteiger partial charge in [0.2, 0.25) is 0 Å². The first-order valence-electron chi connectivity index (χ1n) is 4.47. The summed E-state index contributed by atoms with van der Waals surface area (Å²) in [5, 5.41) is 0. The molecule has 2 rings (SSSR count). The zero-order chi connectivity index (χ0) is 10.7. The van der Waals surface area contributed by atoms with Crippen LogP contribution in [0.15, 0.2) is 47.1 Å². The number of carbonyl (C=O) groups excluding carboxylic acids is 1. The van der Waals surface area contributed by atoms with Crippen LogP contribution in [0.4, 0.5) is 0 Å². The molecule has 3 heteroatoms. The number of rotatable bonds is 2. The van der Waals surface area contributed by atoms with E-state index in [1.165, 1.54) is 0 Å². The van der Waals surface area contributed by atoms with Crippen LogP contribution in [0.5, 0.6) is 0 Å². The minimum atomic E-state index is 0.675. The van der Waals surface area contributed by atoms with Crippen LogP contribution in [0.3, 0.4) is 0 Å². The highest BCUT2D eigenvalue weighted by atomic mass is 79.9. The third-order valence-corrected chi connectivity index (χ3v) is 2.56. The highest BCUT2D eigenvalue weighted by Gasteiger charge is 1.99. The number of carbonyl (C=O) groups is 1. The summed E-state index contributed by atoms with van der Waals surface area (Å²) in [4.78, 5) is 14.7. The van der Waals surface area contributed by atoms with Crippen LogP contribution in [0.1, 0.15) is 10.4 Å². The smallest absolute Gasteiger partial charge is 0.150 e. The highest BCUT2D eigenvalue weighted by molar-refractivity contribution is 9.10. The summed E-state index contributed by atoms with van der Waals surface area (Å²) in [5.41, 5.74) is 2.57. The number of halogens is 1. The van der Waals surface area contributed by atoms with Gasteiger partial charge in [-0.3, -0.25) is 9.78 Å². The van der Waals surface area contributed by atoms with Gasteiger partial charge in [-0.15, -0.1) is 0 Å². The second-order valence-electron chi connectivity index (χ2n) is 3.10. The zero-order valence-electron chi connectivity index (χ0n) is 7.85. The van der Waals surface area contributed by atoms with Crippen molar-refractivity contribution in [1.82, 2.24) is 4.98 Å². The number of aldehydes is 1. The van der Waals surface area contributed by atoms with Crippen LogP contribution in [0.2, 0.25) is 0 Å². The van der Waals surface area contributed by atoms with Gasteiger partial charge in [0, 0.05) is 21.8 Å². The average molecular weight is 262 g/mol. The van der Waals surface area contributed by atoms with E-state index in [0.717, 1.165) is 22.0 Å². The molecule has 0 spiro atoms. The molecule has 0 atom stereocenters. The lowest BCUT2D eigenvalue weighted by Gasteiger charge is -2.00. The van der Waals surface area contributed by atoms with E-state index in [9.17, 15) is 4.79 Å². The fraction of sp³-hybridized carbons (Fsp3) is 0. The third-order valence-electron chi connectivity index (χ3n) is 2.06. The van der Waals surface area contributed by atoms with Gasteiger partial charge in [0.15, 0.2) is 0 Å². The Balaban J connectivity index is 2.41. The number of pyridine rings is 1. The van der Waals surface area contributed by atoms with Crippen LogP contribution in [-0.2, 0) is 0 Å². The SMILES string of the molecule is O=Cc1ccc(-c2cc(Br)ccn2)cc1. The fourth-order valence-corrected chi connectivity index (χ4v) is 1.63. The van der Waals surface area contributed by atoms with Gasteiger partial charge < -0.3 is 0 Å². The number of hydrogen-bond donors (Lipinski definition) is 0. The third kappa shape index (κ3) is 2.30. The summed E-state index contributed by atoms with van der Waals surface area (Å²) >= 11 is 3.39. The number of aromatic nitrogens is 1. The van der Waals surface area contributed by atoms with Crippen molar-refractivity contribution in [2.24, 2.45) is 0 Å². The van der Waals surface area contributed by atoms with E-state index in [0.29, 0.717) is 5.56 Å². The van der Waals surface area contributed by atoms with Crippen molar-refractivity contribution in [1.29, 1.82) is 0 Å². The Morgan fingerprint density at radius 1 is 1.13 bits per heavy atom. The molecule has 0 N–H and O–H groups in total. The number of hydrogen-bond acceptors (Lipinski definition) is 2. The molecular formula is C12H8BrNO. The molecule has 2 aromatic rings. The van der Waals surface area contributed by atoms with Crippen LogP contribution < -0.4 is 0 Å². The Kier molecular flexibility index (Phi) is 2.92. The van der Waals surface area contributed by atoms with E-state index in [-0.39, 0.29) is 0 Å². The first kappa shape index (κ1) is 10.1. The lowest BCUT2D eigenvalue weighted by atomic mass is 10.1. The Morgan fingerprint density at radius 2 is 1.87 bits per heavy atom. The molecule has 2 nitrogen and oxygen atoms in total. The highest BCUT2D eigenvalue weighted by Crippen LogP contribution is 2.20. The van der Waals surface area contributed by atoms with Crippen molar-refractivity contribution in [2.45, 2.75) is 0 Å². The molecule has 0 saturated carbocycles. The molecule has 0 aliphatic rings. The van der Waals surface area contributed by atoms with Crippen molar-refractivity contribution < 1.29 is 4.79 Å². The summed E-state index contributed by atoms with van der Waals surface area (Å²) in [7, 11) is 0. The van der Waals surface area contributed by atoms with E-state index in [2.05, 4.69) is 20.9 Å². The van der Waals surface area contributed by atoms with Crippen molar-refractivity contribution in [3.05, 3.63) is 52.6 Å². The minimum Gasteiger partial charge on any atom is -0.298 e. The average Bonchev–Trinajstić information content (AvgIpc) is 2.29. The van der Waals surface area contributed by atoms with Gasteiger partial charge in [-0.1, -0.05) is 40.2 Å². The van der Waals surface area contributed by atoms with Gasteiger partial charge in [-0.05, 0) is 12.1 Å². The van der Waals surface area contributed by atoms with Gasteiger partial charge in [-0.25, -0.2) is 0 Å². The molecule has 0 aliphatic heterocycles. The van der Waals surface area contributed by atoms with Crippen LogP contribution in [0.25, 0.3) is 11.3 Å². The number of nitrogens with zero attached hydrogens (tertiary/aromatic N) is 1. The van der Waals surface area contributed by atoms with Crippen LogP contribution in [0, 0.1) is 0 Å². The van der Waals surface area contributed by atoms with Crippen molar-refractivity contribution in [3.63, 3.8) is 0 Å². The molecule has 1 heterocycles. The summed E-state index contributed by atoms with van der Waals surface area (Å²) in [5.74, 6) is 0. The van der Waals surface area contributed by atoms with E-state index in [1.54, 1.807) is 18.3 Å². The topological polar surface area (TPSA) is 30.0 Å². The Hall–Kier alpha value is -1.48. The standard InChI is InChI=1S/C12H8BrNO/c13-11-5-6-14-12(7-11)10-3-1-9(8-15)2-4-10/h1-8H. The Labute approximate surface area is 96.1 Å². The predicted octanol–water partition coefficient (Wildman–Crippen LogP) is 3.32. The molecule has 74 valence electrons. The van der Waals surface area contributed by atoms with Crippen LogP contribution in [-0.4, -0.2) is 11.3 Å². The molecule has 0 amide bonds. The van der Waals surface area contributed by atoms with Crippen molar-refractivity contribution in [2.75, 3.05) is 0 Å². The molecule has 15 heavy (non-hydrogen) atoms. The fourth-order valence-electron chi connectivity index (χ4n) is 1.30. The minimum absolute atomic E-state index is 0.675. The summed E-state index contributed by atoms with van der Waals surface area (Å²) < 4.78 is 0.993. The second kappa shape index (κ2) is 4.36. The van der Waals surface area contributed by atoms with Gasteiger partial charge in [0.05, 0.1) is 5.69 Å². The van der Waals surface area contributed by atoms with Gasteiger partial charge >= 0.3 is 0 Å². The first-order valence-corrected chi connectivity index (χ1v) is 5.26. The normalized spacial score (nSPS) is 9.93. The first-order chi connectivity index (χ1) is 7.29. The zero-order valence-corrected chi connectivity index (χ0v) is 9.44. The monoisotopic (exact) mass is 261 g/mol. The maximum absolute atomic E-state index is 10.5. The molecule has 1 aromatic carbocycles. The van der Waals surface area contributed by atoms with E-state index < -0.39 is 0 Å². The van der Waals surface area contributed by atoms with E-state index >= 15 is 0 Å². The largest absolute Gasteiger partial charge is 0.298 e. The van der Waals surface area contributed by atoms with E-state index in [1.807, 2.05) is 24.3 Å². The van der Waals surface area contributed by atoms with Gasteiger partial charge in [0.25, 0.3) is 0 Å². The molecule has 1 aromatic heterocycles. The van der Waals surface area contributed by atoms with E-state index in [4.69, 9.17) is 0 Å². The van der Waals surface area contributed by atoms with Gasteiger partial charge in [-0.2, -0.15) is 0 Å². The van der Waals surface area contributed by atoms with Gasteiger partial charge in [0.1, 0.15) is 6.29 Å². The molecule has 0 unspecified atom stereocenters. The lowest BCUT2D eigenvalue weighted by molar-refractivity contribution is 0.112. The maximum Gasteiger partial charge on any atom is 0.150 e. The predicted molar refractivity (Wildman–Crippen MR) is 62.8 cm³/mol. The van der Waals surface area contributed by atoms with Crippen molar-refractivity contribution >= 4 is 22.2 Å². The molecular weight excluding hydrogens is 254 g/mol. The lowest BCUT2D eigenvalue weighted by Crippen LogP contribution is -1.84. The molecule has 0 saturated heterocycles. The second-order valence-corrected chi connectivity index (χ2v) is 4.01. The quantitative estimate of drug-likeness (QED) is 0.777. The summed E-state index contributed by atoms with van der Waals surface area (Å²) in [6.07, 6.45) is 2.57. The number of benzene rings is 1. The van der Waals surface area contributed by atoms with Crippen LogP contribution >= 0.6 is 15.9 Å². The molecule has 0 aliphatic carbocycles. The molecule has 0 radical (unpaired) electrons.